The summed E-state index contributed by atoms with van der Waals surface area (Å²) in [5.41, 5.74) is 0.643. The molecule has 0 unspecified atom stereocenters. The van der Waals surface area contributed by atoms with Gasteiger partial charge in [-0.3, -0.25) is 0 Å². The van der Waals surface area contributed by atoms with Crippen molar-refractivity contribution in [2.24, 2.45) is 5.92 Å². The van der Waals surface area contributed by atoms with E-state index in [1.54, 1.807) is 24.7 Å². The second-order valence-corrected chi connectivity index (χ2v) is 6.75. The predicted molar refractivity (Wildman–Crippen MR) is 92.9 cm³/mol. The van der Waals surface area contributed by atoms with Crippen LogP contribution in [0.1, 0.15) is 25.7 Å². The van der Waals surface area contributed by atoms with E-state index in [1.807, 2.05) is 12.1 Å². The van der Waals surface area contributed by atoms with Crippen molar-refractivity contribution >= 4 is 11.9 Å². The third kappa shape index (κ3) is 3.55. The molecule has 1 amide bonds. The number of ether oxygens (including phenoxy) is 1. The highest BCUT2D eigenvalue weighted by atomic mass is 16.6. The number of amides is 1. The van der Waals surface area contributed by atoms with Gasteiger partial charge in [-0.1, -0.05) is 0 Å². The Morgan fingerprint density at radius 3 is 2.64 bits per heavy atom. The first-order valence-electron chi connectivity index (χ1n) is 8.67. The molecular weight excluding hydrogens is 318 g/mol. The Morgan fingerprint density at radius 1 is 1.20 bits per heavy atom. The van der Waals surface area contributed by atoms with Gasteiger partial charge >= 0.3 is 6.09 Å². The van der Waals surface area contributed by atoms with Gasteiger partial charge in [0.2, 0.25) is 0 Å². The number of nitrogens with zero attached hydrogens (tertiary/aromatic N) is 3. The van der Waals surface area contributed by atoms with E-state index >= 15 is 0 Å². The number of hydrogen-bond donors (Lipinski definition) is 2. The molecule has 7 nitrogen and oxygen atoms in total. The standard InChI is InChI=1S/C18H21N5O2/c24-17-23-12-18(25-17)6-4-13(5-7-18)10-21-15-3-2-14(11-22-15)16-19-8-1-9-20-16/h1-3,8-9,11,13H,4-7,10,12H2,(H,21,22)(H,23,24)/t13-,18-. The van der Waals surface area contributed by atoms with E-state index in [0.29, 0.717) is 18.3 Å². The molecule has 7 heteroatoms. The van der Waals surface area contributed by atoms with Crippen LogP contribution in [0, 0.1) is 5.92 Å². The van der Waals surface area contributed by atoms with Crippen molar-refractivity contribution in [1.29, 1.82) is 0 Å². The summed E-state index contributed by atoms with van der Waals surface area (Å²) >= 11 is 0. The molecule has 2 fully saturated rings. The summed E-state index contributed by atoms with van der Waals surface area (Å²) in [5.74, 6) is 2.11. The third-order valence-electron chi connectivity index (χ3n) is 5.04. The number of carbonyl (C=O) groups is 1. The lowest BCUT2D eigenvalue weighted by molar-refractivity contribution is 0.0148. The van der Waals surface area contributed by atoms with E-state index < -0.39 is 0 Å². The molecule has 1 saturated carbocycles. The van der Waals surface area contributed by atoms with Crippen LogP contribution in [0.2, 0.25) is 0 Å². The van der Waals surface area contributed by atoms with Crippen LogP contribution in [0.15, 0.2) is 36.8 Å². The van der Waals surface area contributed by atoms with Crippen molar-refractivity contribution in [3.8, 4) is 11.4 Å². The summed E-state index contributed by atoms with van der Waals surface area (Å²) in [6.45, 7) is 1.53. The van der Waals surface area contributed by atoms with Gasteiger partial charge in [0.05, 0.1) is 6.54 Å². The molecule has 1 aliphatic heterocycles. The molecule has 0 radical (unpaired) electrons. The first kappa shape index (κ1) is 15.8. The van der Waals surface area contributed by atoms with Gasteiger partial charge in [-0.05, 0) is 49.8 Å². The summed E-state index contributed by atoms with van der Waals surface area (Å²) in [6, 6.07) is 5.73. The molecule has 1 spiro atoms. The number of rotatable bonds is 4. The lowest BCUT2D eigenvalue weighted by Crippen LogP contribution is -2.38. The zero-order valence-corrected chi connectivity index (χ0v) is 13.9. The minimum Gasteiger partial charge on any atom is -0.441 e. The maximum atomic E-state index is 11.3. The van der Waals surface area contributed by atoms with Crippen LogP contribution in [-0.2, 0) is 4.74 Å². The van der Waals surface area contributed by atoms with Crippen LogP contribution in [0.4, 0.5) is 10.6 Å². The minimum absolute atomic E-state index is 0.261. The SMILES string of the molecule is O=C1NC[C@]2(CC[C@@H](CNc3ccc(-c4ncccn4)cn3)CC2)O1. The van der Waals surface area contributed by atoms with Crippen LogP contribution >= 0.6 is 0 Å². The van der Waals surface area contributed by atoms with Gasteiger partial charge in [0, 0.05) is 30.7 Å². The zero-order chi connectivity index (χ0) is 17.1. The minimum atomic E-state index is -0.275. The molecule has 3 heterocycles. The van der Waals surface area contributed by atoms with Gasteiger partial charge in [0.15, 0.2) is 5.82 Å². The number of aromatic nitrogens is 3. The molecule has 1 saturated heterocycles. The van der Waals surface area contributed by atoms with Gasteiger partial charge in [0.1, 0.15) is 11.4 Å². The van der Waals surface area contributed by atoms with Gasteiger partial charge in [0.25, 0.3) is 0 Å². The number of alkyl carbamates (subject to hydrolysis) is 1. The lowest BCUT2D eigenvalue weighted by atomic mass is 9.79. The topological polar surface area (TPSA) is 89.0 Å². The fraction of sp³-hybridized carbons (Fsp3) is 0.444. The Kier molecular flexibility index (Phi) is 4.21. The first-order valence-corrected chi connectivity index (χ1v) is 8.67. The number of nitrogens with one attached hydrogen (secondary N) is 2. The van der Waals surface area contributed by atoms with Gasteiger partial charge in [-0.25, -0.2) is 19.7 Å². The van der Waals surface area contributed by atoms with Crippen LogP contribution in [0.3, 0.4) is 0 Å². The molecule has 2 N–H and O–H groups in total. The number of pyridine rings is 1. The average Bonchev–Trinajstić information content (AvgIpc) is 3.03. The fourth-order valence-electron chi connectivity index (χ4n) is 3.52. The van der Waals surface area contributed by atoms with Crippen LogP contribution in [-0.4, -0.2) is 39.7 Å². The zero-order valence-electron chi connectivity index (χ0n) is 13.9. The summed E-state index contributed by atoms with van der Waals surface area (Å²) in [7, 11) is 0. The van der Waals surface area contributed by atoms with Crippen molar-refractivity contribution in [2.45, 2.75) is 31.3 Å². The smallest absolute Gasteiger partial charge is 0.407 e. The van der Waals surface area contributed by atoms with Gasteiger partial charge in [-0.2, -0.15) is 0 Å². The molecule has 0 bridgehead atoms. The maximum absolute atomic E-state index is 11.3. The van der Waals surface area contributed by atoms with Crippen molar-refractivity contribution in [2.75, 3.05) is 18.4 Å². The molecule has 4 rings (SSSR count). The highest BCUT2D eigenvalue weighted by Gasteiger charge is 2.43. The normalized spacial score (nSPS) is 25.4. The molecule has 130 valence electrons. The van der Waals surface area contributed by atoms with E-state index in [-0.39, 0.29) is 11.7 Å². The van der Waals surface area contributed by atoms with Gasteiger partial charge < -0.3 is 15.4 Å². The second kappa shape index (κ2) is 6.66. The molecule has 2 aromatic rings. The summed E-state index contributed by atoms with van der Waals surface area (Å²) in [4.78, 5) is 24.2. The third-order valence-corrected chi connectivity index (χ3v) is 5.04. The first-order chi connectivity index (χ1) is 12.2. The molecule has 1 aliphatic carbocycles. The van der Waals surface area contributed by atoms with Crippen molar-refractivity contribution in [3.05, 3.63) is 36.8 Å². The molecule has 25 heavy (non-hydrogen) atoms. The number of anilines is 1. The van der Waals surface area contributed by atoms with Crippen molar-refractivity contribution in [1.82, 2.24) is 20.3 Å². The maximum Gasteiger partial charge on any atom is 0.407 e. The van der Waals surface area contributed by atoms with E-state index in [9.17, 15) is 4.79 Å². The fourth-order valence-corrected chi connectivity index (χ4v) is 3.52. The molecular formula is C18H21N5O2. The van der Waals surface area contributed by atoms with Crippen LogP contribution < -0.4 is 10.6 Å². The summed E-state index contributed by atoms with van der Waals surface area (Å²) in [6.07, 6.45) is 8.92. The summed E-state index contributed by atoms with van der Waals surface area (Å²) < 4.78 is 5.46. The Balaban J connectivity index is 1.28. The summed E-state index contributed by atoms with van der Waals surface area (Å²) in [5, 5.41) is 6.18. The molecule has 2 aliphatic rings. The van der Waals surface area contributed by atoms with Crippen LogP contribution in [0.5, 0.6) is 0 Å². The van der Waals surface area contributed by atoms with E-state index in [1.165, 1.54) is 0 Å². The Morgan fingerprint density at radius 2 is 2.00 bits per heavy atom. The molecule has 2 aromatic heterocycles. The quantitative estimate of drug-likeness (QED) is 0.890. The lowest BCUT2D eigenvalue weighted by Gasteiger charge is -2.34. The molecule has 0 aromatic carbocycles. The van der Waals surface area contributed by atoms with Gasteiger partial charge in [-0.15, -0.1) is 0 Å². The Bertz CT molecular complexity index is 727. The van der Waals surface area contributed by atoms with E-state index in [2.05, 4.69) is 25.6 Å². The van der Waals surface area contributed by atoms with Crippen molar-refractivity contribution < 1.29 is 9.53 Å². The van der Waals surface area contributed by atoms with E-state index in [0.717, 1.165) is 43.6 Å². The Labute approximate surface area is 146 Å². The second-order valence-electron chi connectivity index (χ2n) is 6.75. The Hall–Kier alpha value is -2.70. The average molecular weight is 339 g/mol. The predicted octanol–water partition coefficient (Wildman–Crippen LogP) is 2.62. The van der Waals surface area contributed by atoms with E-state index in [4.69, 9.17) is 4.74 Å². The largest absolute Gasteiger partial charge is 0.441 e. The van der Waals surface area contributed by atoms with Crippen LogP contribution in [0.25, 0.3) is 11.4 Å². The monoisotopic (exact) mass is 339 g/mol. The highest BCUT2D eigenvalue weighted by molar-refractivity contribution is 5.70. The highest BCUT2D eigenvalue weighted by Crippen LogP contribution is 2.36. The van der Waals surface area contributed by atoms with Crippen molar-refractivity contribution in [3.63, 3.8) is 0 Å². The number of carbonyl (C=O) groups excluding carboxylic acids is 1. The molecule has 0 atom stereocenters. The number of hydrogen-bond acceptors (Lipinski definition) is 6.